The molecule has 0 aliphatic carbocycles. The molecule has 5 nitrogen and oxygen atoms in total. The van der Waals surface area contributed by atoms with Crippen molar-refractivity contribution in [3.05, 3.63) is 53.1 Å². The van der Waals surface area contributed by atoms with Gasteiger partial charge in [-0.15, -0.1) is 0 Å². The Morgan fingerprint density at radius 3 is 2.65 bits per heavy atom. The molecule has 6 heteroatoms. The number of anilines is 1. The summed E-state index contributed by atoms with van der Waals surface area (Å²) in [6.45, 7) is 2.13. The van der Waals surface area contributed by atoms with Gasteiger partial charge < -0.3 is 20.1 Å². The second kappa shape index (κ2) is 8.29. The molecule has 0 spiro atoms. The Labute approximate surface area is 140 Å². The molecule has 0 saturated heterocycles. The lowest BCUT2D eigenvalue weighted by Gasteiger charge is -2.12. The third-order valence-corrected chi connectivity index (χ3v) is 3.52. The van der Waals surface area contributed by atoms with Crippen LogP contribution in [0.15, 0.2) is 42.5 Å². The molecule has 0 radical (unpaired) electrons. The molecule has 0 fully saturated rings. The van der Waals surface area contributed by atoms with Crippen molar-refractivity contribution >= 4 is 23.3 Å². The lowest BCUT2D eigenvalue weighted by Crippen LogP contribution is -2.32. The van der Waals surface area contributed by atoms with E-state index in [0.717, 1.165) is 17.7 Å². The van der Waals surface area contributed by atoms with Gasteiger partial charge in [0.1, 0.15) is 11.5 Å². The first-order valence-corrected chi connectivity index (χ1v) is 7.61. The van der Waals surface area contributed by atoms with E-state index >= 15 is 0 Å². The van der Waals surface area contributed by atoms with Crippen LogP contribution in [-0.4, -0.2) is 19.9 Å². The molecule has 2 aromatic rings. The van der Waals surface area contributed by atoms with Gasteiger partial charge in [0, 0.05) is 5.69 Å². The number of halogens is 1. The summed E-state index contributed by atoms with van der Waals surface area (Å²) in [5.41, 5.74) is 1.67. The minimum absolute atomic E-state index is 0.0761. The number of carbonyl (C=O) groups excluding carboxylic acids is 1. The molecule has 2 N–H and O–H groups in total. The number of urea groups is 1. The molecular formula is C17H19ClN2O3. The van der Waals surface area contributed by atoms with Gasteiger partial charge in [-0.05, 0) is 36.2 Å². The third kappa shape index (κ3) is 4.79. The van der Waals surface area contributed by atoms with Crippen molar-refractivity contribution in [3.63, 3.8) is 0 Å². The molecular weight excluding hydrogens is 316 g/mol. The Kier molecular flexibility index (Phi) is 6.11. The maximum absolute atomic E-state index is 11.8. The fraction of sp³-hybridized carbons (Fsp3) is 0.235. The van der Waals surface area contributed by atoms with E-state index in [1.165, 1.54) is 7.11 Å². The summed E-state index contributed by atoms with van der Waals surface area (Å²) in [4.78, 5) is 11.8. The maximum atomic E-state index is 11.8. The first-order chi connectivity index (χ1) is 11.1. The molecule has 23 heavy (non-hydrogen) atoms. The van der Waals surface area contributed by atoms with Crippen LogP contribution in [0.1, 0.15) is 12.5 Å². The lowest BCUT2D eigenvalue weighted by molar-refractivity contribution is 0.234. The highest BCUT2D eigenvalue weighted by Crippen LogP contribution is 2.27. The van der Waals surface area contributed by atoms with Crippen molar-refractivity contribution in [1.29, 1.82) is 0 Å². The van der Waals surface area contributed by atoms with Crippen LogP contribution in [0, 0.1) is 0 Å². The van der Waals surface area contributed by atoms with Crippen molar-refractivity contribution in [3.8, 4) is 11.5 Å². The van der Waals surface area contributed by atoms with Crippen LogP contribution >= 0.6 is 11.6 Å². The van der Waals surface area contributed by atoms with Gasteiger partial charge in [0.25, 0.3) is 0 Å². The first kappa shape index (κ1) is 17.0. The van der Waals surface area contributed by atoms with Gasteiger partial charge in [-0.1, -0.05) is 36.7 Å². The van der Waals surface area contributed by atoms with Crippen molar-refractivity contribution in [1.82, 2.24) is 5.32 Å². The van der Waals surface area contributed by atoms with Crippen LogP contribution in [-0.2, 0) is 6.42 Å². The highest BCUT2D eigenvalue weighted by atomic mass is 35.5. The number of amides is 2. The Balaban J connectivity index is 1.84. The number of benzene rings is 2. The van der Waals surface area contributed by atoms with Crippen molar-refractivity contribution < 1.29 is 14.3 Å². The molecule has 0 unspecified atom stereocenters. The number of hydrogen-bond acceptors (Lipinski definition) is 3. The van der Waals surface area contributed by atoms with Crippen LogP contribution < -0.4 is 20.1 Å². The van der Waals surface area contributed by atoms with Gasteiger partial charge >= 0.3 is 6.03 Å². The van der Waals surface area contributed by atoms with E-state index in [1.54, 1.807) is 18.2 Å². The van der Waals surface area contributed by atoms with Gasteiger partial charge in [-0.3, -0.25) is 0 Å². The van der Waals surface area contributed by atoms with E-state index in [9.17, 15) is 4.79 Å². The molecule has 122 valence electrons. The molecule has 2 rings (SSSR count). The van der Waals surface area contributed by atoms with Gasteiger partial charge in [0.2, 0.25) is 0 Å². The van der Waals surface area contributed by atoms with Crippen molar-refractivity contribution in [2.75, 3.05) is 19.2 Å². The smallest absolute Gasteiger partial charge is 0.321 e. The molecule has 0 aliphatic heterocycles. The molecule has 0 aliphatic rings. The molecule has 2 amide bonds. The van der Waals surface area contributed by atoms with E-state index in [-0.39, 0.29) is 12.8 Å². The summed E-state index contributed by atoms with van der Waals surface area (Å²) in [6, 6.07) is 12.4. The first-order valence-electron chi connectivity index (χ1n) is 7.23. The summed E-state index contributed by atoms with van der Waals surface area (Å²) in [5, 5.41) is 5.74. The van der Waals surface area contributed by atoms with E-state index in [1.807, 2.05) is 24.3 Å². The topological polar surface area (TPSA) is 59.6 Å². The Bertz CT molecular complexity index is 677. The number of methoxy groups -OCH3 is 1. The standard InChI is InChI=1S/C17H19ClN2O3/c1-3-12-6-4-5-7-15(12)23-11-19-17(21)20-13-8-9-16(22-2)14(18)10-13/h4-10H,3,11H2,1-2H3,(H2,19,20,21). The van der Waals surface area contributed by atoms with Gasteiger partial charge in [-0.25, -0.2) is 4.79 Å². The average Bonchev–Trinajstić information content (AvgIpc) is 2.55. The highest BCUT2D eigenvalue weighted by Gasteiger charge is 2.06. The van der Waals surface area contributed by atoms with Crippen molar-refractivity contribution in [2.45, 2.75) is 13.3 Å². The molecule has 0 bridgehead atoms. The molecule has 0 atom stereocenters. The molecule has 2 aromatic carbocycles. The Morgan fingerprint density at radius 1 is 1.17 bits per heavy atom. The highest BCUT2D eigenvalue weighted by molar-refractivity contribution is 6.32. The fourth-order valence-corrected chi connectivity index (χ4v) is 2.29. The Hall–Kier alpha value is -2.40. The monoisotopic (exact) mass is 334 g/mol. The van der Waals surface area contributed by atoms with E-state index < -0.39 is 0 Å². The average molecular weight is 335 g/mol. The number of hydrogen-bond donors (Lipinski definition) is 2. The fourth-order valence-electron chi connectivity index (χ4n) is 2.04. The van der Waals surface area contributed by atoms with Crippen LogP contribution in [0.2, 0.25) is 5.02 Å². The lowest BCUT2D eigenvalue weighted by atomic mass is 10.1. The zero-order valence-electron chi connectivity index (χ0n) is 13.1. The minimum atomic E-state index is -0.375. The zero-order chi connectivity index (χ0) is 16.7. The summed E-state index contributed by atoms with van der Waals surface area (Å²) in [7, 11) is 1.53. The quantitative estimate of drug-likeness (QED) is 0.783. The predicted octanol–water partition coefficient (Wildman–Crippen LogP) is 4.07. The summed E-state index contributed by atoms with van der Waals surface area (Å²) in [5.74, 6) is 1.32. The number of ether oxygens (including phenoxy) is 2. The van der Waals surface area contributed by atoms with E-state index in [0.29, 0.717) is 16.5 Å². The second-order valence-electron chi connectivity index (χ2n) is 4.73. The Morgan fingerprint density at radius 2 is 1.96 bits per heavy atom. The van der Waals surface area contributed by atoms with Crippen LogP contribution in [0.5, 0.6) is 11.5 Å². The summed E-state index contributed by atoms with van der Waals surface area (Å²) < 4.78 is 10.6. The van der Waals surface area contributed by atoms with E-state index in [4.69, 9.17) is 21.1 Å². The largest absolute Gasteiger partial charge is 0.495 e. The number of aryl methyl sites for hydroxylation is 1. The number of para-hydroxylation sites is 1. The number of nitrogens with one attached hydrogen (secondary N) is 2. The SMILES string of the molecule is CCc1ccccc1OCNC(=O)Nc1ccc(OC)c(Cl)c1. The van der Waals surface area contributed by atoms with E-state index in [2.05, 4.69) is 17.6 Å². The summed E-state index contributed by atoms with van der Waals surface area (Å²) in [6.07, 6.45) is 0.868. The molecule has 0 saturated carbocycles. The second-order valence-corrected chi connectivity index (χ2v) is 5.14. The van der Waals surface area contributed by atoms with Gasteiger partial charge in [0.15, 0.2) is 6.73 Å². The molecule has 0 heterocycles. The number of rotatable bonds is 6. The minimum Gasteiger partial charge on any atom is -0.495 e. The van der Waals surface area contributed by atoms with Gasteiger partial charge in [-0.2, -0.15) is 0 Å². The summed E-state index contributed by atoms with van der Waals surface area (Å²) >= 11 is 6.01. The maximum Gasteiger partial charge on any atom is 0.321 e. The predicted molar refractivity (Wildman–Crippen MR) is 91.5 cm³/mol. The van der Waals surface area contributed by atoms with Gasteiger partial charge in [0.05, 0.1) is 12.1 Å². The van der Waals surface area contributed by atoms with Crippen LogP contribution in [0.4, 0.5) is 10.5 Å². The third-order valence-electron chi connectivity index (χ3n) is 3.22. The van der Waals surface area contributed by atoms with Crippen LogP contribution in [0.25, 0.3) is 0 Å². The normalized spacial score (nSPS) is 10.0. The zero-order valence-corrected chi connectivity index (χ0v) is 13.8. The van der Waals surface area contributed by atoms with Crippen LogP contribution in [0.3, 0.4) is 0 Å². The number of carbonyl (C=O) groups is 1. The molecule has 0 aromatic heterocycles. The van der Waals surface area contributed by atoms with Crippen molar-refractivity contribution in [2.24, 2.45) is 0 Å².